The molecule has 1 fully saturated rings. The van der Waals surface area contributed by atoms with Crippen molar-refractivity contribution in [3.05, 3.63) is 87.2 Å². The maximum Gasteiger partial charge on any atom is 0.258 e. The molecule has 12 heteroatoms. The average Bonchev–Trinajstić information content (AvgIpc) is 2.97. The van der Waals surface area contributed by atoms with Gasteiger partial charge in [-0.05, 0) is 56.5 Å². The molecular formula is C32H32ClF3N6O2. The fraction of sp³-hybridized carbons (Fsp3) is 0.312. The molecule has 0 bridgehead atoms. The van der Waals surface area contributed by atoms with Gasteiger partial charge in [-0.3, -0.25) is 19.1 Å². The zero-order chi connectivity index (χ0) is 32.2. The largest absolute Gasteiger partial charge is 0.396 e. The van der Waals surface area contributed by atoms with Crippen LogP contribution in [0.2, 0.25) is 5.02 Å². The Morgan fingerprint density at radius 1 is 1.11 bits per heavy atom. The van der Waals surface area contributed by atoms with Crippen LogP contribution in [0, 0.1) is 24.4 Å². The van der Waals surface area contributed by atoms with Crippen molar-refractivity contribution < 1.29 is 18.0 Å². The van der Waals surface area contributed by atoms with Crippen LogP contribution in [0.4, 0.5) is 24.5 Å². The predicted octanol–water partition coefficient (Wildman–Crippen LogP) is 6.14. The molecule has 4 heterocycles. The summed E-state index contributed by atoms with van der Waals surface area (Å²) in [6.45, 7) is 13.9. The summed E-state index contributed by atoms with van der Waals surface area (Å²) in [4.78, 5) is 39.6. The van der Waals surface area contributed by atoms with E-state index in [1.165, 1.54) is 22.8 Å². The Kier molecular flexibility index (Phi) is 8.19. The molecule has 230 valence electrons. The molecule has 4 aromatic rings. The predicted molar refractivity (Wildman–Crippen MR) is 167 cm³/mol. The molecule has 1 saturated heterocycles. The van der Waals surface area contributed by atoms with Gasteiger partial charge in [-0.1, -0.05) is 32.0 Å². The lowest BCUT2D eigenvalue weighted by atomic mass is 10.0. The van der Waals surface area contributed by atoms with E-state index in [0.717, 1.165) is 11.6 Å². The molecule has 5 rings (SSSR count). The second-order valence-electron chi connectivity index (χ2n) is 11.4. The third-order valence-corrected chi connectivity index (χ3v) is 8.26. The molecule has 1 aromatic carbocycles. The van der Waals surface area contributed by atoms with Crippen molar-refractivity contribution >= 4 is 39.9 Å². The maximum atomic E-state index is 15.1. The van der Waals surface area contributed by atoms with Crippen molar-refractivity contribution in [2.45, 2.75) is 52.6 Å². The van der Waals surface area contributed by atoms with Crippen LogP contribution in [0.25, 0.3) is 28.0 Å². The molecule has 1 amide bonds. The minimum Gasteiger partial charge on any atom is -0.396 e. The summed E-state index contributed by atoms with van der Waals surface area (Å²) >= 11 is 6.69. The molecule has 8 nitrogen and oxygen atoms in total. The number of benzene rings is 1. The number of rotatable bonds is 5. The molecule has 0 aliphatic carbocycles. The molecule has 1 aliphatic heterocycles. The van der Waals surface area contributed by atoms with Gasteiger partial charge in [0.25, 0.3) is 5.56 Å². The van der Waals surface area contributed by atoms with Gasteiger partial charge < -0.3 is 15.5 Å². The molecule has 0 saturated carbocycles. The Morgan fingerprint density at radius 2 is 1.77 bits per heavy atom. The fourth-order valence-corrected chi connectivity index (χ4v) is 6.26. The summed E-state index contributed by atoms with van der Waals surface area (Å²) in [7, 11) is 0. The topological polar surface area (TPSA) is 97.4 Å². The number of pyridine rings is 3. The van der Waals surface area contributed by atoms with Gasteiger partial charge in [-0.2, -0.15) is 0 Å². The highest BCUT2D eigenvalue weighted by molar-refractivity contribution is 6.34. The third kappa shape index (κ3) is 5.08. The molecule has 0 radical (unpaired) electrons. The lowest BCUT2D eigenvalue weighted by molar-refractivity contribution is -0.130. The SMILES string of the molecule is C=CC(=O)N1[C@H](C)CN(c2cc(=O)n(-c3c(C)ccnc3C(C)C)c3nc(-c4cc(N)c(F)c(F)c4F)c(Cl)cc23)C[C@@H]1C. The fourth-order valence-electron chi connectivity index (χ4n) is 6.01. The highest BCUT2D eigenvalue weighted by Gasteiger charge is 2.34. The van der Waals surface area contributed by atoms with E-state index < -0.39 is 34.3 Å². The standard InChI is InChI=1S/C32H32ClF3N6O2/c1-7-24(43)41-17(5)13-40(14-18(41)6)23-12-25(44)42(31-16(4)8-9-38-29(31)15(2)3)32-19(23)10-21(33)30(39-32)20-11-22(37)27(35)28(36)26(20)34/h7-12,15,17-18H,1,13-14,37H2,2-6H3/t17-,18+. The van der Waals surface area contributed by atoms with Gasteiger partial charge in [-0.15, -0.1) is 0 Å². The zero-order valence-corrected chi connectivity index (χ0v) is 25.7. The van der Waals surface area contributed by atoms with Crippen molar-refractivity contribution in [2.24, 2.45) is 0 Å². The molecule has 44 heavy (non-hydrogen) atoms. The second-order valence-corrected chi connectivity index (χ2v) is 11.8. The number of hydrogen-bond donors (Lipinski definition) is 1. The van der Waals surface area contributed by atoms with Crippen molar-refractivity contribution in [1.82, 2.24) is 19.4 Å². The Morgan fingerprint density at radius 3 is 2.39 bits per heavy atom. The van der Waals surface area contributed by atoms with Crippen LogP contribution >= 0.6 is 11.6 Å². The van der Waals surface area contributed by atoms with E-state index in [1.807, 2.05) is 39.5 Å². The van der Waals surface area contributed by atoms with Crippen LogP contribution in [-0.2, 0) is 4.79 Å². The van der Waals surface area contributed by atoms with E-state index in [9.17, 15) is 18.4 Å². The molecular weight excluding hydrogens is 593 g/mol. The zero-order valence-electron chi connectivity index (χ0n) is 25.0. The number of nitrogen functional groups attached to an aromatic ring is 1. The van der Waals surface area contributed by atoms with Crippen LogP contribution in [0.15, 0.2) is 47.9 Å². The number of anilines is 2. The number of aryl methyl sites for hydroxylation is 1. The number of fused-ring (bicyclic) bond motifs is 1. The van der Waals surface area contributed by atoms with Gasteiger partial charge >= 0.3 is 0 Å². The summed E-state index contributed by atoms with van der Waals surface area (Å²) in [5.41, 5.74) is 6.38. The Balaban J connectivity index is 1.85. The molecule has 0 unspecified atom stereocenters. The molecule has 2 N–H and O–H groups in total. The third-order valence-electron chi connectivity index (χ3n) is 7.97. The summed E-state index contributed by atoms with van der Waals surface area (Å²) in [6, 6.07) is 5.25. The van der Waals surface area contributed by atoms with Crippen LogP contribution in [0.5, 0.6) is 0 Å². The second kappa shape index (κ2) is 11.6. The van der Waals surface area contributed by atoms with Crippen molar-refractivity contribution in [2.75, 3.05) is 23.7 Å². The Hall–Kier alpha value is -4.38. The van der Waals surface area contributed by atoms with Gasteiger partial charge in [0.15, 0.2) is 17.5 Å². The van der Waals surface area contributed by atoms with Crippen molar-refractivity contribution in [1.29, 1.82) is 0 Å². The van der Waals surface area contributed by atoms with E-state index in [1.54, 1.807) is 17.2 Å². The van der Waals surface area contributed by atoms with E-state index in [2.05, 4.69) is 16.5 Å². The van der Waals surface area contributed by atoms with Gasteiger partial charge in [-0.25, -0.2) is 18.2 Å². The highest BCUT2D eigenvalue weighted by atomic mass is 35.5. The number of carbonyl (C=O) groups excluding carboxylic acids is 1. The first-order valence-electron chi connectivity index (χ1n) is 14.1. The Bertz CT molecular complexity index is 1880. The van der Waals surface area contributed by atoms with Crippen LogP contribution in [-0.4, -0.2) is 50.5 Å². The number of piperazine rings is 1. The number of carbonyl (C=O) groups is 1. The summed E-state index contributed by atoms with van der Waals surface area (Å²) in [5, 5.41) is 0.386. The molecule has 1 aliphatic rings. The molecule has 2 atom stereocenters. The number of aromatic nitrogens is 3. The van der Waals surface area contributed by atoms with E-state index in [-0.39, 0.29) is 40.3 Å². The minimum absolute atomic E-state index is 0.0678. The maximum absolute atomic E-state index is 15.1. The van der Waals surface area contributed by atoms with Gasteiger partial charge in [0.2, 0.25) is 5.91 Å². The van der Waals surface area contributed by atoms with E-state index >= 15 is 4.39 Å². The van der Waals surface area contributed by atoms with Gasteiger partial charge in [0, 0.05) is 48.4 Å². The number of hydrogen-bond acceptors (Lipinski definition) is 6. The van der Waals surface area contributed by atoms with Crippen LogP contribution in [0.1, 0.15) is 44.9 Å². The molecule has 0 spiro atoms. The van der Waals surface area contributed by atoms with E-state index in [0.29, 0.717) is 35.5 Å². The number of nitrogens with two attached hydrogens (primary N) is 1. The smallest absolute Gasteiger partial charge is 0.258 e. The van der Waals surface area contributed by atoms with Crippen LogP contribution < -0.4 is 16.2 Å². The van der Waals surface area contributed by atoms with Gasteiger partial charge in [0.05, 0.1) is 33.5 Å². The summed E-state index contributed by atoms with van der Waals surface area (Å²) < 4.78 is 45.1. The lowest BCUT2D eigenvalue weighted by Gasteiger charge is -2.45. The summed E-state index contributed by atoms with van der Waals surface area (Å²) in [6.07, 6.45) is 2.93. The first-order valence-corrected chi connectivity index (χ1v) is 14.5. The van der Waals surface area contributed by atoms with Crippen molar-refractivity contribution in [3.8, 4) is 16.9 Å². The number of amides is 1. The monoisotopic (exact) mass is 624 g/mol. The number of halogens is 4. The first kappa shape index (κ1) is 31.1. The quantitative estimate of drug-likeness (QED) is 0.163. The normalized spacial score (nSPS) is 17.0. The minimum atomic E-state index is -1.76. The Labute approximate surface area is 257 Å². The molecule has 3 aromatic heterocycles. The van der Waals surface area contributed by atoms with Crippen LogP contribution in [0.3, 0.4) is 0 Å². The average molecular weight is 625 g/mol. The highest BCUT2D eigenvalue weighted by Crippen LogP contribution is 2.38. The first-order chi connectivity index (χ1) is 20.8. The number of nitrogens with zero attached hydrogens (tertiary/aromatic N) is 5. The lowest BCUT2D eigenvalue weighted by Crippen LogP contribution is -2.58. The van der Waals surface area contributed by atoms with Crippen molar-refractivity contribution in [3.63, 3.8) is 0 Å². The van der Waals surface area contributed by atoms with E-state index in [4.69, 9.17) is 17.3 Å². The van der Waals surface area contributed by atoms with Gasteiger partial charge in [0.1, 0.15) is 5.65 Å². The summed E-state index contributed by atoms with van der Waals surface area (Å²) in [5.74, 6) is -5.07.